The lowest BCUT2D eigenvalue weighted by Gasteiger charge is -2.39. The summed E-state index contributed by atoms with van der Waals surface area (Å²) in [6, 6.07) is 7.80. The van der Waals surface area contributed by atoms with E-state index in [1.807, 2.05) is 0 Å². The number of carbonyl (C=O) groups excluding carboxylic acids is 2. The van der Waals surface area contributed by atoms with E-state index in [4.69, 9.17) is 11.6 Å². The molecule has 10 heteroatoms. The van der Waals surface area contributed by atoms with Crippen molar-refractivity contribution in [2.45, 2.75) is 33.2 Å². The minimum atomic E-state index is -0.705. The summed E-state index contributed by atoms with van der Waals surface area (Å²) < 4.78 is 28.6. The molecule has 4 rings (SSSR count). The Morgan fingerprint density at radius 2 is 1.86 bits per heavy atom. The van der Waals surface area contributed by atoms with Gasteiger partial charge in [0.2, 0.25) is 5.91 Å². The van der Waals surface area contributed by atoms with Gasteiger partial charge in [-0.05, 0) is 62.2 Å². The lowest BCUT2D eigenvalue weighted by atomic mass is 10.0. The van der Waals surface area contributed by atoms with Crippen molar-refractivity contribution in [2.75, 3.05) is 18.0 Å². The Morgan fingerprint density at radius 1 is 1.11 bits per heavy atom. The van der Waals surface area contributed by atoms with Gasteiger partial charge in [0, 0.05) is 24.2 Å². The monoisotopic (exact) mass is 500 g/mol. The summed E-state index contributed by atoms with van der Waals surface area (Å²) in [6.45, 7) is 5.05. The number of carbonyl (C=O) groups is 2. The summed E-state index contributed by atoms with van der Waals surface area (Å²) in [5, 5.41) is 6.46. The molecule has 7 nitrogen and oxygen atoms in total. The average Bonchev–Trinajstić information content (AvgIpc) is 2.82. The molecular weight excluding hydrogens is 478 g/mol. The van der Waals surface area contributed by atoms with Crippen molar-refractivity contribution in [3.8, 4) is 0 Å². The molecule has 3 aromatic rings. The van der Waals surface area contributed by atoms with E-state index >= 15 is 0 Å². The number of anilines is 1. The topological polar surface area (TPSA) is 86.4 Å². The molecule has 2 aromatic carbocycles. The first-order valence-electron chi connectivity index (χ1n) is 11.0. The van der Waals surface area contributed by atoms with Gasteiger partial charge in [0.05, 0.1) is 22.3 Å². The smallest absolute Gasteiger partial charge is 0.267 e. The standard InChI is InChI=1S/C25H23ClF2N4O3/c1-13-11-31(12-23(33)32(13)17-5-6-19(26)21(28)10-17)25(35)18-8-16(4-7-20(18)27)9-22-14(2)15(3)24(34)30-29-22/h4-8,10,13H,9,11-12H2,1-3H3,(H,30,34)/t13-/m1/s1. The summed E-state index contributed by atoms with van der Waals surface area (Å²) in [5.41, 5.74) is 2.40. The van der Waals surface area contributed by atoms with Crippen molar-refractivity contribution in [1.29, 1.82) is 0 Å². The Kier molecular flexibility index (Phi) is 6.71. The van der Waals surface area contributed by atoms with Gasteiger partial charge < -0.3 is 9.80 Å². The summed E-state index contributed by atoms with van der Waals surface area (Å²) in [6.07, 6.45) is 0.287. The summed E-state index contributed by atoms with van der Waals surface area (Å²) in [4.78, 5) is 40.5. The average molecular weight is 501 g/mol. The maximum absolute atomic E-state index is 14.7. The second-order valence-corrected chi connectivity index (χ2v) is 9.04. The number of H-pyrrole nitrogens is 1. The van der Waals surface area contributed by atoms with Crippen LogP contribution in [0.1, 0.15) is 39.7 Å². The van der Waals surface area contributed by atoms with Gasteiger partial charge >= 0.3 is 0 Å². The first-order valence-corrected chi connectivity index (χ1v) is 11.3. The largest absolute Gasteiger partial charge is 0.327 e. The fraction of sp³-hybridized carbons (Fsp3) is 0.280. The molecule has 0 bridgehead atoms. The van der Waals surface area contributed by atoms with Crippen LogP contribution in [0.5, 0.6) is 0 Å². The number of halogens is 3. The molecule has 0 spiro atoms. The van der Waals surface area contributed by atoms with E-state index < -0.39 is 29.5 Å². The van der Waals surface area contributed by atoms with Gasteiger partial charge in [0.1, 0.15) is 18.2 Å². The number of hydrogen-bond donors (Lipinski definition) is 1. The maximum Gasteiger partial charge on any atom is 0.267 e. The number of rotatable bonds is 4. The van der Waals surface area contributed by atoms with Crippen molar-refractivity contribution in [3.05, 3.63) is 91.4 Å². The first kappa shape index (κ1) is 24.5. The zero-order valence-electron chi connectivity index (χ0n) is 19.4. The Morgan fingerprint density at radius 3 is 2.54 bits per heavy atom. The van der Waals surface area contributed by atoms with Crippen molar-refractivity contribution < 1.29 is 18.4 Å². The van der Waals surface area contributed by atoms with Crippen LogP contribution in [0.15, 0.2) is 41.2 Å². The highest BCUT2D eigenvalue weighted by Gasteiger charge is 2.34. The zero-order valence-corrected chi connectivity index (χ0v) is 20.1. The van der Waals surface area contributed by atoms with E-state index in [0.717, 1.165) is 5.56 Å². The van der Waals surface area contributed by atoms with Gasteiger partial charge in [-0.3, -0.25) is 14.4 Å². The molecule has 2 amide bonds. The van der Waals surface area contributed by atoms with Gasteiger partial charge in [0.15, 0.2) is 0 Å². The first-order chi connectivity index (χ1) is 16.6. The molecule has 0 radical (unpaired) electrons. The highest BCUT2D eigenvalue weighted by molar-refractivity contribution is 6.30. The molecule has 0 unspecified atom stereocenters. The SMILES string of the molecule is Cc1c(Cc2ccc(F)c(C(=O)N3CC(=O)N(c4ccc(Cl)c(F)c4)[C@H](C)C3)c2)n[nH]c(=O)c1C. The predicted molar refractivity (Wildman–Crippen MR) is 128 cm³/mol. The molecular formula is C25H23ClF2N4O3. The normalized spacial score (nSPS) is 16.1. The van der Waals surface area contributed by atoms with Gasteiger partial charge in [-0.1, -0.05) is 17.7 Å². The van der Waals surface area contributed by atoms with Crippen molar-refractivity contribution in [3.63, 3.8) is 0 Å². The molecule has 1 aliphatic rings. The molecule has 182 valence electrons. The second-order valence-electron chi connectivity index (χ2n) is 8.64. The number of nitrogens with one attached hydrogen (secondary N) is 1. The Bertz CT molecular complexity index is 1390. The third kappa shape index (κ3) is 4.81. The second kappa shape index (κ2) is 9.58. The molecule has 1 N–H and O–H groups in total. The van der Waals surface area contributed by atoms with E-state index in [1.165, 1.54) is 40.1 Å². The predicted octanol–water partition coefficient (Wildman–Crippen LogP) is 3.79. The number of aromatic nitrogens is 2. The Hall–Kier alpha value is -3.59. The van der Waals surface area contributed by atoms with Crippen LogP contribution >= 0.6 is 11.6 Å². The Balaban J connectivity index is 1.56. The minimum Gasteiger partial charge on any atom is -0.327 e. The lowest BCUT2D eigenvalue weighted by Crippen LogP contribution is -2.57. The quantitative estimate of drug-likeness (QED) is 0.590. The van der Waals surface area contributed by atoms with Gasteiger partial charge in [0.25, 0.3) is 11.5 Å². The van der Waals surface area contributed by atoms with E-state index in [1.54, 1.807) is 26.8 Å². The number of nitrogens with zero attached hydrogens (tertiary/aromatic N) is 3. The molecule has 0 aliphatic carbocycles. The highest BCUT2D eigenvalue weighted by Crippen LogP contribution is 2.27. The third-order valence-electron chi connectivity index (χ3n) is 6.25. The van der Waals surface area contributed by atoms with E-state index in [2.05, 4.69) is 10.2 Å². The number of benzene rings is 2. The van der Waals surface area contributed by atoms with Crippen LogP contribution in [0.4, 0.5) is 14.5 Å². The van der Waals surface area contributed by atoms with Crippen LogP contribution in [0, 0.1) is 25.5 Å². The fourth-order valence-electron chi connectivity index (χ4n) is 4.19. The summed E-state index contributed by atoms with van der Waals surface area (Å²) in [5.74, 6) is -2.39. The highest BCUT2D eigenvalue weighted by atomic mass is 35.5. The van der Waals surface area contributed by atoms with Crippen molar-refractivity contribution >= 4 is 29.1 Å². The van der Waals surface area contributed by atoms with Crippen molar-refractivity contribution in [1.82, 2.24) is 15.1 Å². The van der Waals surface area contributed by atoms with Crippen LogP contribution in [-0.4, -0.2) is 46.0 Å². The summed E-state index contributed by atoms with van der Waals surface area (Å²) in [7, 11) is 0. The molecule has 1 aromatic heterocycles. The molecule has 35 heavy (non-hydrogen) atoms. The van der Waals surface area contributed by atoms with Crippen LogP contribution in [0.25, 0.3) is 0 Å². The number of piperazine rings is 1. The molecule has 1 atom stereocenters. The van der Waals surface area contributed by atoms with Gasteiger partial charge in [-0.15, -0.1) is 0 Å². The Labute approximate surface area is 205 Å². The number of amides is 2. The maximum atomic E-state index is 14.7. The van der Waals surface area contributed by atoms with Crippen LogP contribution in [0.3, 0.4) is 0 Å². The van der Waals surface area contributed by atoms with E-state index in [0.29, 0.717) is 22.5 Å². The lowest BCUT2D eigenvalue weighted by molar-refractivity contribution is -0.121. The molecule has 2 heterocycles. The minimum absolute atomic E-state index is 0.0551. The molecule has 1 saturated heterocycles. The molecule has 1 aliphatic heterocycles. The van der Waals surface area contributed by atoms with Crippen LogP contribution in [-0.2, 0) is 11.2 Å². The molecule has 0 saturated carbocycles. The van der Waals surface area contributed by atoms with Crippen LogP contribution in [0.2, 0.25) is 5.02 Å². The van der Waals surface area contributed by atoms with Gasteiger partial charge in [-0.25, -0.2) is 13.9 Å². The van der Waals surface area contributed by atoms with Gasteiger partial charge in [-0.2, -0.15) is 5.10 Å². The van der Waals surface area contributed by atoms with E-state index in [-0.39, 0.29) is 35.7 Å². The number of hydrogen-bond acceptors (Lipinski definition) is 4. The molecule has 1 fully saturated rings. The van der Waals surface area contributed by atoms with Crippen molar-refractivity contribution in [2.24, 2.45) is 0 Å². The summed E-state index contributed by atoms with van der Waals surface area (Å²) >= 11 is 5.74. The fourth-order valence-corrected chi connectivity index (χ4v) is 4.31. The van der Waals surface area contributed by atoms with E-state index in [9.17, 15) is 23.2 Å². The van der Waals surface area contributed by atoms with Crippen LogP contribution < -0.4 is 10.5 Å². The third-order valence-corrected chi connectivity index (χ3v) is 6.56. The number of aromatic amines is 1. The zero-order chi connectivity index (χ0) is 25.4.